The van der Waals surface area contributed by atoms with Crippen LogP contribution >= 0.6 is 11.6 Å². The van der Waals surface area contributed by atoms with Crippen molar-refractivity contribution in [3.05, 3.63) is 22.5 Å². The number of aldehydes is 1. The molecule has 0 spiro atoms. The van der Waals surface area contributed by atoms with Crippen LogP contribution in [0.25, 0.3) is 0 Å². The zero-order valence-corrected chi connectivity index (χ0v) is 6.80. The highest BCUT2D eigenvalue weighted by Crippen LogP contribution is 2.25. The molecule has 2 heterocycles. The van der Waals surface area contributed by atoms with E-state index in [0.29, 0.717) is 16.3 Å². The number of rotatable bonds is 1. The molecule has 2 N–H and O–H groups in total. The first-order valence-electron chi connectivity index (χ1n) is 3.42. The number of fused-ring (bicyclic) bond motifs is 1. The van der Waals surface area contributed by atoms with Crippen LogP contribution in [0.3, 0.4) is 0 Å². The van der Waals surface area contributed by atoms with Gasteiger partial charge in [0.25, 0.3) is 0 Å². The van der Waals surface area contributed by atoms with Gasteiger partial charge in [0, 0.05) is 17.3 Å². The Morgan fingerprint density at radius 1 is 1.67 bits per heavy atom. The molecule has 1 unspecified atom stereocenters. The number of nitrogens with one attached hydrogen (secondary N) is 2. The topological polar surface area (TPSA) is 53.5 Å². The summed E-state index contributed by atoms with van der Waals surface area (Å²) in [5.41, 5.74) is 1.27. The Bertz CT molecular complexity index is 319. The van der Waals surface area contributed by atoms with Crippen LogP contribution in [-0.2, 0) is 4.79 Å². The SMILES string of the molecule is O=CC1=CNC2N=CNC(Cl)=C12. The maximum Gasteiger partial charge on any atom is 0.152 e. The summed E-state index contributed by atoms with van der Waals surface area (Å²) in [6, 6.07) is 0. The Morgan fingerprint density at radius 2 is 2.50 bits per heavy atom. The van der Waals surface area contributed by atoms with Crippen LogP contribution in [0.15, 0.2) is 27.5 Å². The van der Waals surface area contributed by atoms with Crippen LogP contribution in [-0.4, -0.2) is 18.8 Å². The Labute approximate surface area is 74.0 Å². The third-order valence-corrected chi connectivity index (χ3v) is 2.07. The highest BCUT2D eigenvalue weighted by molar-refractivity contribution is 6.31. The molecule has 0 radical (unpaired) electrons. The molecule has 0 aliphatic carbocycles. The molecule has 0 aromatic rings. The van der Waals surface area contributed by atoms with Gasteiger partial charge in [0.05, 0.1) is 6.34 Å². The second kappa shape index (κ2) is 2.64. The number of hydrogen-bond acceptors (Lipinski definition) is 4. The highest BCUT2D eigenvalue weighted by Gasteiger charge is 2.26. The fraction of sp³-hybridized carbons (Fsp3) is 0.143. The van der Waals surface area contributed by atoms with Crippen molar-refractivity contribution < 1.29 is 4.79 Å². The first-order chi connectivity index (χ1) is 5.83. The summed E-state index contributed by atoms with van der Waals surface area (Å²) in [6.07, 6.45) is 3.68. The van der Waals surface area contributed by atoms with Gasteiger partial charge in [-0.15, -0.1) is 0 Å². The largest absolute Gasteiger partial charge is 0.365 e. The van der Waals surface area contributed by atoms with Crippen LogP contribution in [0, 0.1) is 0 Å². The average Bonchev–Trinajstić information content (AvgIpc) is 2.49. The van der Waals surface area contributed by atoms with Gasteiger partial charge in [-0.1, -0.05) is 11.6 Å². The highest BCUT2D eigenvalue weighted by atomic mass is 35.5. The van der Waals surface area contributed by atoms with Crippen molar-refractivity contribution in [1.82, 2.24) is 10.6 Å². The molecule has 0 aromatic heterocycles. The Balaban J connectivity index is 2.41. The Hall–Kier alpha value is -1.29. The maximum absolute atomic E-state index is 10.5. The van der Waals surface area contributed by atoms with Crippen molar-refractivity contribution in [3.8, 4) is 0 Å². The second-order valence-electron chi connectivity index (χ2n) is 2.44. The lowest BCUT2D eigenvalue weighted by molar-refractivity contribution is -0.104. The molecule has 62 valence electrons. The van der Waals surface area contributed by atoms with E-state index in [0.717, 1.165) is 6.29 Å². The van der Waals surface area contributed by atoms with E-state index in [-0.39, 0.29) is 6.17 Å². The van der Waals surface area contributed by atoms with Gasteiger partial charge in [0.2, 0.25) is 0 Å². The molecular formula is C7H6ClN3O. The van der Waals surface area contributed by atoms with Gasteiger partial charge >= 0.3 is 0 Å². The Morgan fingerprint density at radius 3 is 3.25 bits per heavy atom. The summed E-state index contributed by atoms with van der Waals surface area (Å²) in [5.74, 6) is 0. The minimum atomic E-state index is -0.195. The number of aliphatic imine (C=N–C) groups is 1. The van der Waals surface area contributed by atoms with E-state index >= 15 is 0 Å². The summed E-state index contributed by atoms with van der Waals surface area (Å²) >= 11 is 5.83. The minimum Gasteiger partial charge on any atom is -0.365 e. The molecule has 1 atom stereocenters. The van der Waals surface area contributed by atoms with Crippen LogP contribution in [0.1, 0.15) is 0 Å². The zero-order valence-electron chi connectivity index (χ0n) is 6.04. The van der Waals surface area contributed by atoms with Gasteiger partial charge in [-0.05, 0) is 0 Å². The number of hydrogen-bond donors (Lipinski definition) is 2. The molecule has 2 rings (SSSR count). The summed E-state index contributed by atoms with van der Waals surface area (Å²) < 4.78 is 0. The normalized spacial score (nSPS) is 25.8. The molecule has 0 saturated heterocycles. The third-order valence-electron chi connectivity index (χ3n) is 1.76. The van der Waals surface area contributed by atoms with E-state index in [9.17, 15) is 4.79 Å². The predicted molar refractivity (Wildman–Crippen MR) is 45.6 cm³/mol. The third kappa shape index (κ3) is 0.921. The molecular weight excluding hydrogens is 178 g/mol. The molecule has 12 heavy (non-hydrogen) atoms. The summed E-state index contributed by atoms with van der Waals surface area (Å²) in [7, 11) is 0. The first kappa shape index (κ1) is 7.36. The molecule has 4 nitrogen and oxygen atoms in total. The van der Waals surface area contributed by atoms with Crippen LogP contribution < -0.4 is 10.6 Å². The zero-order chi connectivity index (χ0) is 8.55. The quantitative estimate of drug-likeness (QED) is 0.447. The van der Waals surface area contributed by atoms with Crippen molar-refractivity contribution in [2.45, 2.75) is 6.17 Å². The van der Waals surface area contributed by atoms with Crippen molar-refractivity contribution in [2.24, 2.45) is 4.99 Å². The van der Waals surface area contributed by atoms with E-state index in [1.807, 2.05) is 0 Å². The lowest BCUT2D eigenvalue weighted by atomic mass is 10.1. The van der Waals surface area contributed by atoms with Crippen LogP contribution in [0.2, 0.25) is 0 Å². The molecule has 0 amide bonds. The lowest BCUT2D eigenvalue weighted by Crippen LogP contribution is -2.27. The van der Waals surface area contributed by atoms with E-state index in [1.165, 1.54) is 6.34 Å². The minimum absolute atomic E-state index is 0.195. The van der Waals surface area contributed by atoms with Crippen molar-refractivity contribution in [2.75, 3.05) is 0 Å². The van der Waals surface area contributed by atoms with E-state index < -0.39 is 0 Å². The van der Waals surface area contributed by atoms with Crippen LogP contribution in [0.4, 0.5) is 0 Å². The standard InChI is InChI=1S/C7H6ClN3O/c8-6-5-4(2-12)1-9-7(5)11-3-10-6/h1-3,7,9H,(H,10,11). The van der Waals surface area contributed by atoms with Crippen LogP contribution in [0.5, 0.6) is 0 Å². The summed E-state index contributed by atoms with van der Waals surface area (Å²) in [4.78, 5) is 14.6. The predicted octanol–water partition coefficient (Wildman–Crippen LogP) is 0.0804. The average molecular weight is 184 g/mol. The fourth-order valence-corrected chi connectivity index (χ4v) is 1.46. The van der Waals surface area contributed by atoms with E-state index in [1.54, 1.807) is 6.20 Å². The smallest absolute Gasteiger partial charge is 0.152 e. The fourth-order valence-electron chi connectivity index (χ4n) is 1.20. The molecule has 0 bridgehead atoms. The van der Waals surface area contributed by atoms with Crippen molar-refractivity contribution in [1.29, 1.82) is 0 Å². The Kier molecular flexibility index (Phi) is 1.62. The van der Waals surface area contributed by atoms with Gasteiger partial charge < -0.3 is 10.6 Å². The van der Waals surface area contributed by atoms with Gasteiger partial charge in [0.1, 0.15) is 11.3 Å². The van der Waals surface area contributed by atoms with Crippen molar-refractivity contribution >= 4 is 24.2 Å². The number of halogens is 1. The number of nitrogens with zero attached hydrogens (tertiary/aromatic N) is 1. The van der Waals surface area contributed by atoms with Gasteiger partial charge in [-0.3, -0.25) is 4.79 Å². The molecule has 5 heteroatoms. The lowest BCUT2D eigenvalue weighted by Gasteiger charge is -2.15. The molecule has 0 saturated carbocycles. The molecule has 2 aliphatic heterocycles. The van der Waals surface area contributed by atoms with Gasteiger partial charge in [-0.2, -0.15) is 0 Å². The van der Waals surface area contributed by atoms with Crippen molar-refractivity contribution in [3.63, 3.8) is 0 Å². The van der Waals surface area contributed by atoms with E-state index in [4.69, 9.17) is 11.6 Å². The van der Waals surface area contributed by atoms with Gasteiger partial charge in [0.15, 0.2) is 6.29 Å². The molecule has 0 fully saturated rings. The number of carbonyl (C=O) groups excluding carboxylic acids is 1. The van der Waals surface area contributed by atoms with Gasteiger partial charge in [-0.25, -0.2) is 4.99 Å². The summed E-state index contributed by atoms with van der Waals surface area (Å²) in [6.45, 7) is 0. The second-order valence-corrected chi connectivity index (χ2v) is 2.81. The first-order valence-corrected chi connectivity index (χ1v) is 3.80. The summed E-state index contributed by atoms with van der Waals surface area (Å²) in [5, 5.41) is 6.10. The molecule has 2 aliphatic rings. The monoisotopic (exact) mass is 183 g/mol. The van der Waals surface area contributed by atoms with E-state index in [2.05, 4.69) is 15.6 Å². The molecule has 0 aromatic carbocycles. The maximum atomic E-state index is 10.5. The number of carbonyl (C=O) groups is 1.